The number of carbonyl (C=O) groups is 1. The summed E-state index contributed by atoms with van der Waals surface area (Å²) in [6.07, 6.45) is 1.52. The van der Waals surface area contributed by atoms with Gasteiger partial charge in [0.05, 0.1) is 25.5 Å². The molecule has 2 aromatic rings. The van der Waals surface area contributed by atoms with Crippen molar-refractivity contribution >= 4 is 27.6 Å². The minimum atomic E-state index is -0.524. The lowest BCUT2D eigenvalue weighted by Crippen LogP contribution is -2.05. The highest BCUT2D eigenvalue weighted by Gasteiger charge is 2.25. The van der Waals surface area contributed by atoms with E-state index in [4.69, 9.17) is 14.3 Å². The first-order valence-corrected chi connectivity index (χ1v) is 8.21. The largest absolute Gasteiger partial charge is 0.497 e. The quantitative estimate of drug-likeness (QED) is 0.586. The molecule has 1 aliphatic rings. The lowest BCUT2D eigenvalue weighted by atomic mass is 10.1. The fraction of sp³-hybridized carbons (Fsp3) is 0.222. The van der Waals surface area contributed by atoms with Gasteiger partial charge in [-0.05, 0) is 48.7 Å². The number of oxime groups is 1. The van der Waals surface area contributed by atoms with Crippen molar-refractivity contribution in [1.29, 1.82) is 0 Å². The summed E-state index contributed by atoms with van der Waals surface area (Å²) in [6, 6.07) is 10.6. The number of nitrogens with zero attached hydrogens (tertiary/aromatic N) is 1. The van der Waals surface area contributed by atoms with E-state index in [-0.39, 0.29) is 0 Å². The third kappa shape index (κ3) is 3.14. The van der Waals surface area contributed by atoms with Crippen LogP contribution < -0.4 is 9.47 Å². The summed E-state index contributed by atoms with van der Waals surface area (Å²) in [6.45, 7) is 0. The number of ether oxygens (including phenoxy) is 2. The Morgan fingerprint density at radius 3 is 2.71 bits per heavy atom. The van der Waals surface area contributed by atoms with E-state index in [9.17, 15) is 4.79 Å². The van der Waals surface area contributed by atoms with Crippen LogP contribution in [0, 0.1) is 0 Å². The fourth-order valence-corrected chi connectivity index (χ4v) is 3.22. The number of rotatable bonds is 4. The third-order valence-electron chi connectivity index (χ3n) is 3.88. The van der Waals surface area contributed by atoms with Crippen LogP contribution in [0.15, 0.2) is 46.0 Å². The van der Waals surface area contributed by atoms with E-state index in [0.717, 1.165) is 27.8 Å². The summed E-state index contributed by atoms with van der Waals surface area (Å²) < 4.78 is 11.5. The number of halogens is 1. The van der Waals surface area contributed by atoms with Crippen molar-refractivity contribution in [3.63, 3.8) is 0 Å². The van der Waals surface area contributed by atoms with Gasteiger partial charge in [0, 0.05) is 10.0 Å². The average molecular weight is 390 g/mol. The number of carbonyl (C=O) groups excluding carboxylic acids is 1. The number of benzene rings is 2. The molecular formula is C18H16BrNO4. The minimum absolute atomic E-state index is 0.387. The maximum absolute atomic E-state index is 12.2. The van der Waals surface area contributed by atoms with Crippen LogP contribution in [0.25, 0.3) is 0 Å². The molecule has 3 rings (SSSR count). The molecule has 0 spiro atoms. The van der Waals surface area contributed by atoms with Gasteiger partial charge in [0.15, 0.2) is 0 Å². The van der Waals surface area contributed by atoms with Gasteiger partial charge in [-0.25, -0.2) is 4.79 Å². The van der Waals surface area contributed by atoms with Crippen molar-refractivity contribution < 1.29 is 19.1 Å². The molecule has 5 nitrogen and oxygen atoms in total. The zero-order valence-electron chi connectivity index (χ0n) is 13.3. The molecule has 0 fully saturated rings. The summed E-state index contributed by atoms with van der Waals surface area (Å²) >= 11 is 3.54. The molecule has 124 valence electrons. The first-order chi connectivity index (χ1) is 11.6. The fourth-order valence-electron chi connectivity index (χ4n) is 2.69. The van der Waals surface area contributed by atoms with Gasteiger partial charge in [-0.1, -0.05) is 27.2 Å². The Morgan fingerprint density at radius 1 is 1.12 bits per heavy atom. The van der Waals surface area contributed by atoms with Crippen LogP contribution in [-0.4, -0.2) is 25.9 Å². The molecule has 0 radical (unpaired) electrons. The van der Waals surface area contributed by atoms with E-state index in [1.54, 1.807) is 38.5 Å². The highest BCUT2D eigenvalue weighted by molar-refractivity contribution is 9.10. The Morgan fingerprint density at radius 2 is 1.96 bits per heavy atom. The monoisotopic (exact) mass is 389 g/mol. The lowest BCUT2D eigenvalue weighted by molar-refractivity contribution is 0.0515. The number of hydrogen-bond donors (Lipinski definition) is 0. The Bertz CT molecular complexity index is 817. The van der Waals surface area contributed by atoms with Crippen LogP contribution in [0.1, 0.15) is 27.9 Å². The Balaban J connectivity index is 1.85. The second kappa shape index (κ2) is 7.05. The normalized spacial score (nSPS) is 14.4. The first kappa shape index (κ1) is 16.5. The molecule has 0 saturated carbocycles. The van der Waals surface area contributed by atoms with E-state index in [2.05, 4.69) is 21.1 Å². The Labute approximate surface area is 148 Å². The third-order valence-corrected chi connectivity index (χ3v) is 4.62. The van der Waals surface area contributed by atoms with E-state index >= 15 is 0 Å². The van der Waals surface area contributed by atoms with Gasteiger partial charge in [-0.2, -0.15) is 0 Å². The molecule has 0 N–H and O–H groups in total. The van der Waals surface area contributed by atoms with Gasteiger partial charge < -0.3 is 14.3 Å². The molecule has 0 amide bonds. The van der Waals surface area contributed by atoms with Crippen LogP contribution in [-0.2, 0) is 11.3 Å². The van der Waals surface area contributed by atoms with Gasteiger partial charge in [0.2, 0.25) is 0 Å². The van der Waals surface area contributed by atoms with Gasteiger partial charge in [-0.15, -0.1) is 0 Å². The summed E-state index contributed by atoms with van der Waals surface area (Å²) in [5.74, 6) is 0.791. The average Bonchev–Trinajstić information content (AvgIpc) is 3.05. The van der Waals surface area contributed by atoms with Crippen LogP contribution in [0.5, 0.6) is 11.5 Å². The Kier molecular flexibility index (Phi) is 4.85. The predicted octanol–water partition coefficient (Wildman–Crippen LogP) is 3.97. The molecule has 0 saturated heterocycles. The maximum atomic E-state index is 12.2. The van der Waals surface area contributed by atoms with Crippen molar-refractivity contribution in [2.24, 2.45) is 5.16 Å². The summed E-state index contributed by atoms with van der Waals surface area (Å²) in [5, 5.41) is 4.07. The summed E-state index contributed by atoms with van der Waals surface area (Å²) in [5.41, 5.74) is 3.10. The zero-order valence-corrected chi connectivity index (χ0v) is 14.9. The molecule has 2 aromatic carbocycles. The summed E-state index contributed by atoms with van der Waals surface area (Å²) in [4.78, 5) is 17.3. The van der Waals surface area contributed by atoms with Gasteiger partial charge in [0.25, 0.3) is 0 Å². The number of hydrogen-bond acceptors (Lipinski definition) is 5. The van der Waals surface area contributed by atoms with E-state index < -0.39 is 5.97 Å². The van der Waals surface area contributed by atoms with Crippen LogP contribution >= 0.6 is 15.9 Å². The number of methoxy groups -OCH3 is 2. The van der Waals surface area contributed by atoms with Crippen molar-refractivity contribution in [3.8, 4) is 11.5 Å². The van der Waals surface area contributed by atoms with Crippen molar-refractivity contribution in [3.05, 3.63) is 57.6 Å². The first-order valence-electron chi connectivity index (χ1n) is 7.42. The van der Waals surface area contributed by atoms with Crippen molar-refractivity contribution in [2.45, 2.75) is 12.8 Å². The standard InChI is InChI=1S/C18H16BrNO4/c1-22-12-5-3-4-11(10-12)18(21)24-20-15-8-6-13-14(19)7-9-16(23-2)17(13)15/h3-5,7,9-10H,6,8H2,1-2H3. The molecule has 0 unspecified atom stereocenters. The predicted molar refractivity (Wildman–Crippen MR) is 94.0 cm³/mol. The highest BCUT2D eigenvalue weighted by Crippen LogP contribution is 2.36. The molecule has 1 aliphatic carbocycles. The topological polar surface area (TPSA) is 57.1 Å². The SMILES string of the molecule is COc1cccc(C(=O)ON=C2CCc3c(Br)ccc(OC)c32)c1. The highest BCUT2D eigenvalue weighted by atomic mass is 79.9. The van der Waals surface area contributed by atoms with Gasteiger partial charge in [0.1, 0.15) is 11.5 Å². The van der Waals surface area contributed by atoms with Crippen molar-refractivity contribution in [2.75, 3.05) is 14.2 Å². The lowest BCUT2D eigenvalue weighted by Gasteiger charge is -2.09. The zero-order chi connectivity index (χ0) is 17.1. The molecule has 0 aromatic heterocycles. The number of fused-ring (bicyclic) bond motifs is 1. The van der Waals surface area contributed by atoms with Crippen LogP contribution in [0.4, 0.5) is 0 Å². The molecule has 0 heterocycles. The smallest absolute Gasteiger partial charge is 0.365 e. The molecular weight excluding hydrogens is 374 g/mol. The molecule has 0 aliphatic heterocycles. The van der Waals surface area contributed by atoms with E-state index in [1.165, 1.54) is 0 Å². The molecule has 0 atom stereocenters. The molecule has 0 bridgehead atoms. The van der Waals surface area contributed by atoms with Crippen LogP contribution in [0.3, 0.4) is 0 Å². The second-order valence-corrected chi connectivity index (χ2v) is 6.11. The maximum Gasteiger partial charge on any atom is 0.365 e. The minimum Gasteiger partial charge on any atom is -0.497 e. The van der Waals surface area contributed by atoms with Crippen LogP contribution in [0.2, 0.25) is 0 Å². The Hall–Kier alpha value is -2.34. The summed E-state index contributed by atoms with van der Waals surface area (Å²) in [7, 11) is 3.16. The molecule has 6 heteroatoms. The molecule has 24 heavy (non-hydrogen) atoms. The van der Waals surface area contributed by atoms with Gasteiger partial charge >= 0.3 is 5.97 Å². The van der Waals surface area contributed by atoms with E-state index in [1.807, 2.05) is 12.1 Å². The van der Waals surface area contributed by atoms with E-state index in [0.29, 0.717) is 23.4 Å². The van der Waals surface area contributed by atoms with Gasteiger partial charge in [-0.3, -0.25) is 0 Å². The van der Waals surface area contributed by atoms with Crippen molar-refractivity contribution in [1.82, 2.24) is 0 Å². The second-order valence-electron chi connectivity index (χ2n) is 5.25.